The van der Waals surface area contributed by atoms with Crippen molar-refractivity contribution in [1.82, 2.24) is 0 Å². The molecule has 3 aromatic carbocycles. The average Bonchev–Trinajstić information content (AvgIpc) is 3.57. The first-order valence-corrected chi connectivity index (χ1v) is 14.9. The summed E-state index contributed by atoms with van der Waals surface area (Å²) in [6, 6.07) is 19.3. The van der Waals surface area contributed by atoms with E-state index in [-0.39, 0.29) is 18.3 Å². The molecule has 3 atom stereocenters. The van der Waals surface area contributed by atoms with Gasteiger partial charge >= 0.3 is 0 Å². The lowest BCUT2D eigenvalue weighted by atomic mass is 9.52. The maximum absolute atomic E-state index is 14.8. The van der Waals surface area contributed by atoms with Crippen molar-refractivity contribution in [1.29, 1.82) is 5.26 Å². The van der Waals surface area contributed by atoms with Gasteiger partial charge in [-0.3, -0.25) is 4.79 Å². The number of nitrogens with zero attached hydrogens (tertiary/aromatic N) is 1. The monoisotopic (exact) mass is 564 g/mol. The van der Waals surface area contributed by atoms with Crippen LogP contribution in [0.4, 0.5) is 10.1 Å². The van der Waals surface area contributed by atoms with Gasteiger partial charge in [-0.25, -0.2) is 4.39 Å². The van der Waals surface area contributed by atoms with Gasteiger partial charge in [0.1, 0.15) is 18.2 Å². The zero-order valence-corrected chi connectivity index (χ0v) is 24.5. The number of aryl methyl sites for hydroxylation is 3. The minimum atomic E-state index is -1.08. The molecule has 0 aromatic heterocycles. The summed E-state index contributed by atoms with van der Waals surface area (Å²) in [5, 5.41) is 23.6. The second-order valence-corrected chi connectivity index (χ2v) is 12.6. The number of anilines is 1. The molecule has 0 radical (unpaired) electrons. The number of benzene rings is 3. The quantitative estimate of drug-likeness (QED) is 0.306. The number of rotatable bonds is 5. The number of fused-ring (bicyclic) bond motifs is 2. The molecule has 3 aliphatic rings. The van der Waals surface area contributed by atoms with Crippen molar-refractivity contribution in [2.45, 2.75) is 76.5 Å². The molecule has 1 unspecified atom stereocenters. The second kappa shape index (κ2) is 10.6. The van der Waals surface area contributed by atoms with Gasteiger partial charge in [-0.05, 0) is 104 Å². The summed E-state index contributed by atoms with van der Waals surface area (Å²) in [4.78, 5) is 14.6. The van der Waals surface area contributed by atoms with Crippen LogP contribution in [0.15, 0.2) is 66.4 Å². The fraction of sp³-hybridized carbons (Fsp3) is 0.389. The minimum Gasteiger partial charge on any atom is -0.516 e. The van der Waals surface area contributed by atoms with Crippen LogP contribution in [-0.4, -0.2) is 17.6 Å². The highest BCUT2D eigenvalue weighted by Crippen LogP contribution is 2.63. The maximum atomic E-state index is 14.8. The highest BCUT2D eigenvalue weighted by molar-refractivity contribution is 6.08. The lowest BCUT2D eigenvalue weighted by molar-refractivity contribution is -0.123. The molecule has 0 bridgehead atoms. The number of aliphatic hydroxyl groups excluding tert-OH is 1. The van der Waals surface area contributed by atoms with Crippen molar-refractivity contribution < 1.29 is 19.0 Å². The van der Waals surface area contributed by atoms with Gasteiger partial charge in [-0.15, -0.1) is 0 Å². The van der Waals surface area contributed by atoms with E-state index >= 15 is 0 Å². The Balaban J connectivity index is 1.58. The summed E-state index contributed by atoms with van der Waals surface area (Å²) < 4.78 is 21.4. The number of hydrogen-bond acceptors (Lipinski definition) is 4. The Morgan fingerprint density at radius 2 is 1.69 bits per heavy atom. The lowest BCUT2D eigenvalue weighted by Crippen LogP contribution is -2.49. The first-order chi connectivity index (χ1) is 20.2. The number of halogens is 1. The number of amides is 1. The molecule has 2 aliphatic carbocycles. The molecule has 1 amide bonds. The van der Waals surface area contributed by atoms with E-state index in [0.717, 1.165) is 76.6 Å². The standard InChI is InChI=1S/C36H37FN2O3/c1-22-7-11-33(42-21-35(20-38)12-4-5-13-35)28(14-22)31-17-25(19-40)16-30(27-18-26(37)9-8-24(27)3)36(31)29-10-6-23(2)15-32(29)39-34(36)41/h6-11,14-15,18-19,30-31,40H,4-5,12-13,16-17,21H2,1-3H3,(H,39,41)/b25-19+/t30?,31-,36+/m1/s1. The van der Waals surface area contributed by atoms with Crippen LogP contribution in [0.25, 0.3) is 0 Å². The summed E-state index contributed by atoms with van der Waals surface area (Å²) in [5.74, 6) is -0.701. The third-order valence-corrected chi connectivity index (χ3v) is 9.92. The fourth-order valence-electron chi connectivity index (χ4n) is 7.77. The smallest absolute Gasteiger partial charge is 0.236 e. The SMILES string of the molecule is Cc1ccc2c(c1)NC(=O)[C@]21C(c2cc(F)ccc2C)C/C(=C\O)C[C@@H]1c1cc(C)ccc1OCC1(C#N)CCCC1. The van der Waals surface area contributed by atoms with Crippen LogP contribution in [0.1, 0.15) is 83.7 Å². The molecular formula is C36H37FN2O3. The Labute approximate surface area is 247 Å². The minimum absolute atomic E-state index is 0.129. The van der Waals surface area contributed by atoms with Gasteiger partial charge in [0, 0.05) is 17.5 Å². The lowest BCUT2D eigenvalue weighted by Gasteiger charge is -2.48. The Morgan fingerprint density at radius 1 is 1.00 bits per heavy atom. The van der Waals surface area contributed by atoms with Gasteiger partial charge in [-0.2, -0.15) is 5.26 Å². The molecule has 5 nitrogen and oxygen atoms in total. The summed E-state index contributed by atoms with van der Waals surface area (Å²) in [7, 11) is 0. The molecular weight excluding hydrogens is 527 g/mol. The van der Waals surface area contributed by atoms with E-state index in [2.05, 4.69) is 17.5 Å². The molecule has 6 heteroatoms. The van der Waals surface area contributed by atoms with Crippen molar-refractivity contribution >= 4 is 11.6 Å². The predicted molar refractivity (Wildman–Crippen MR) is 161 cm³/mol. The topological polar surface area (TPSA) is 82.3 Å². The maximum Gasteiger partial charge on any atom is 0.236 e. The summed E-state index contributed by atoms with van der Waals surface area (Å²) in [6.07, 6.45) is 5.65. The summed E-state index contributed by atoms with van der Waals surface area (Å²) in [6.45, 7) is 6.24. The molecule has 1 aliphatic heterocycles. The number of ether oxygens (including phenoxy) is 1. The number of allylic oxidation sites excluding steroid dienone is 1. The van der Waals surface area contributed by atoms with Crippen molar-refractivity contribution in [3.63, 3.8) is 0 Å². The molecule has 2 saturated carbocycles. The van der Waals surface area contributed by atoms with Crippen LogP contribution < -0.4 is 10.1 Å². The zero-order valence-electron chi connectivity index (χ0n) is 24.5. The van der Waals surface area contributed by atoms with Crippen molar-refractivity contribution in [3.05, 3.63) is 106 Å². The summed E-state index contributed by atoms with van der Waals surface area (Å²) in [5.41, 5.74) is 5.41. The fourth-order valence-corrected chi connectivity index (χ4v) is 7.77. The Kier molecular flexibility index (Phi) is 7.09. The van der Waals surface area contributed by atoms with Gasteiger partial charge in [0.25, 0.3) is 0 Å². The molecule has 2 N–H and O–H groups in total. The predicted octanol–water partition coefficient (Wildman–Crippen LogP) is 8.21. The van der Waals surface area contributed by atoms with Crippen molar-refractivity contribution in [2.75, 3.05) is 11.9 Å². The van der Waals surface area contributed by atoms with Crippen molar-refractivity contribution in [2.24, 2.45) is 5.41 Å². The van der Waals surface area contributed by atoms with E-state index in [1.54, 1.807) is 12.1 Å². The van der Waals surface area contributed by atoms with Gasteiger partial charge in [0.05, 0.1) is 23.2 Å². The first-order valence-electron chi connectivity index (χ1n) is 14.9. The van der Waals surface area contributed by atoms with Crippen LogP contribution in [0.5, 0.6) is 5.75 Å². The van der Waals surface area contributed by atoms with Crippen LogP contribution in [-0.2, 0) is 10.2 Å². The zero-order chi connectivity index (χ0) is 29.6. The van der Waals surface area contributed by atoms with Crippen LogP contribution in [0.2, 0.25) is 0 Å². The second-order valence-electron chi connectivity index (χ2n) is 12.6. The third-order valence-electron chi connectivity index (χ3n) is 9.92. The van der Waals surface area contributed by atoms with E-state index in [9.17, 15) is 19.6 Å². The molecule has 3 aromatic rings. The largest absolute Gasteiger partial charge is 0.516 e. The van der Waals surface area contributed by atoms with E-state index in [4.69, 9.17) is 4.74 Å². The molecule has 1 heterocycles. The highest BCUT2D eigenvalue weighted by Gasteiger charge is 2.60. The Bertz CT molecular complexity index is 1630. The van der Waals surface area contributed by atoms with Gasteiger partial charge in [0.2, 0.25) is 5.91 Å². The Hall–Kier alpha value is -4.11. The highest BCUT2D eigenvalue weighted by atomic mass is 19.1. The van der Waals surface area contributed by atoms with Crippen LogP contribution >= 0.6 is 0 Å². The van der Waals surface area contributed by atoms with Gasteiger partial charge < -0.3 is 15.2 Å². The molecule has 0 saturated heterocycles. The molecule has 42 heavy (non-hydrogen) atoms. The van der Waals surface area contributed by atoms with Gasteiger partial charge in [0.15, 0.2) is 0 Å². The van der Waals surface area contributed by atoms with Crippen LogP contribution in [0.3, 0.4) is 0 Å². The van der Waals surface area contributed by atoms with Gasteiger partial charge in [-0.1, -0.05) is 48.7 Å². The Morgan fingerprint density at radius 3 is 2.40 bits per heavy atom. The number of nitrogens with one attached hydrogen (secondary N) is 1. The number of hydrogen-bond donors (Lipinski definition) is 2. The van der Waals surface area contributed by atoms with E-state index in [0.29, 0.717) is 18.6 Å². The number of nitriles is 1. The van der Waals surface area contributed by atoms with E-state index in [1.165, 1.54) is 6.07 Å². The van der Waals surface area contributed by atoms with Crippen molar-refractivity contribution in [3.8, 4) is 11.8 Å². The summed E-state index contributed by atoms with van der Waals surface area (Å²) >= 11 is 0. The number of carbonyl (C=O) groups is 1. The normalized spacial score (nSPS) is 25.3. The molecule has 6 rings (SSSR count). The molecule has 2 fully saturated rings. The van der Waals surface area contributed by atoms with Crippen LogP contribution in [0, 0.1) is 43.3 Å². The number of carbonyl (C=O) groups excluding carboxylic acids is 1. The van der Waals surface area contributed by atoms with E-state index in [1.807, 2.05) is 51.1 Å². The average molecular weight is 565 g/mol. The molecule has 216 valence electrons. The van der Waals surface area contributed by atoms with E-state index < -0.39 is 22.7 Å². The number of aliphatic hydroxyl groups is 1. The first kappa shape index (κ1) is 28.0. The third kappa shape index (κ3) is 4.47. The molecule has 1 spiro atoms.